The highest BCUT2D eigenvalue weighted by molar-refractivity contribution is 7.80. The minimum Gasteiger partial charge on any atom is -0.454 e. The van der Waals surface area contributed by atoms with Crippen LogP contribution in [0.5, 0.6) is 11.5 Å². The molecule has 184 valence electrons. The SMILES string of the molecule is CC1=CC(C)(C)N(C)c2cc(Cl)c([C@@H]3[C@H](c4ccccn4)NC(=S)N3c3ccc4c(c3)OCO4)cc21. The van der Waals surface area contributed by atoms with Gasteiger partial charge in [0.2, 0.25) is 6.79 Å². The zero-order chi connectivity index (χ0) is 25.2. The molecule has 3 aromatic rings. The maximum absolute atomic E-state index is 7.09. The number of rotatable bonds is 3. The molecule has 1 aromatic heterocycles. The smallest absolute Gasteiger partial charge is 0.231 e. The van der Waals surface area contributed by atoms with Gasteiger partial charge in [-0.3, -0.25) is 4.98 Å². The molecule has 3 aliphatic rings. The van der Waals surface area contributed by atoms with E-state index < -0.39 is 0 Å². The van der Waals surface area contributed by atoms with Gasteiger partial charge in [0.05, 0.1) is 23.3 Å². The number of hydrogen-bond donors (Lipinski definition) is 1. The van der Waals surface area contributed by atoms with E-state index in [1.807, 2.05) is 36.4 Å². The number of anilines is 2. The van der Waals surface area contributed by atoms with E-state index in [4.69, 9.17) is 33.3 Å². The van der Waals surface area contributed by atoms with E-state index in [9.17, 15) is 0 Å². The molecule has 2 aromatic carbocycles. The first-order chi connectivity index (χ1) is 17.2. The molecule has 36 heavy (non-hydrogen) atoms. The Labute approximate surface area is 221 Å². The molecule has 6 rings (SSSR count). The van der Waals surface area contributed by atoms with Crippen LogP contribution in [-0.4, -0.2) is 29.5 Å². The summed E-state index contributed by atoms with van der Waals surface area (Å²) in [5.74, 6) is 1.43. The summed E-state index contributed by atoms with van der Waals surface area (Å²) in [7, 11) is 2.11. The molecule has 0 unspecified atom stereocenters. The van der Waals surface area contributed by atoms with Crippen molar-refractivity contribution in [2.24, 2.45) is 0 Å². The van der Waals surface area contributed by atoms with Crippen LogP contribution >= 0.6 is 23.8 Å². The fourth-order valence-corrected chi connectivity index (χ4v) is 6.01. The van der Waals surface area contributed by atoms with E-state index in [-0.39, 0.29) is 24.4 Å². The Morgan fingerprint density at radius 3 is 2.69 bits per heavy atom. The molecule has 2 atom stereocenters. The van der Waals surface area contributed by atoms with Gasteiger partial charge in [0.25, 0.3) is 0 Å². The fraction of sp³-hybridized carbons (Fsp3) is 0.286. The predicted molar refractivity (Wildman–Crippen MR) is 148 cm³/mol. The van der Waals surface area contributed by atoms with Crippen molar-refractivity contribution in [2.75, 3.05) is 23.6 Å². The van der Waals surface area contributed by atoms with Crippen molar-refractivity contribution in [1.82, 2.24) is 10.3 Å². The second-order valence-electron chi connectivity index (χ2n) is 9.97. The molecule has 0 amide bonds. The van der Waals surface area contributed by atoms with Crippen LogP contribution in [0.3, 0.4) is 0 Å². The summed E-state index contributed by atoms with van der Waals surface area (Å²) >= 11 is 13.0. The van der Waals surface area contributed by atoms with E-state index in [1.54, 1.807) is 6.20 Å². The third-order valence-corrected chi connectivity index (χ3v) is 8.03. The lowest BCUT2D eigenvalue weighted by molar-refractivity contribution is 0.174. The van der Waals surface area contributed by atoms with Gasteiger partial charge in [-0.2, -0.15) is 0 Å². The third-order valence-electron chi connectivity index (χ3n) is 7.39. The molecule has 0 spiro atoms. The minimum absolute atomic E-state index is 0.104. The first kappa shape index (κ1) is 23.1. The molecular formula is C28H27ClN4O2S. The lowest BCUT2D eigenvalue weighted by Gasteiger charge is -2.41. The summed E-state index contributed by atoms with van der Waals surface area (Å²) in [5.41, 5.74) is 6.19. The lowest BCUT2D eigenvalue weighted by atomic mass is 9.86. The van der Waals surface area contributed by atoms with E-state index in [1.165, 1.54) is 11.1 Å². The highest BCUT2D eigenvalue weighted by Gasteiger charge is 2.43. The first-order valence-electron chi connectivity index (χ1n) is 11.9. The number of pyridine rings is 1. The van der Waals surface area contributed by atoms with Crippen molar-refractivity contribution in [3.63, 3.8) is 0 Å². The van der Waals surface area contributed by atoms with Crippen molar-refractivity contribution in [1.29, 1.82) is 0 Å². The van der Waals surface area contributed by atoms with E-state index in [0.717, 1.165) is 28.4 Å². The molecule has 1 fully saturated rings. The zero-order valence-electron chi connectivity index (χ0n) is 20.6. The Bertz CT molecular complexity index is 1410. The van der Waals surface area contributed by atoms with Crippen molar-refractivity contribution in [3.05, 3.63) is 82.6 Å². The Kier molecular flexibility index (Phi) is 5.39. The molecule has 0 saturated carbocycles. The van der Waals surface area contributed by atoms with E-state index in [2.05, 4.69) is 66.1 Å². The summed E-state index contributed by atoms with van der Waals surface area (Å²) in [6, 6.07) is 15.7. The molecule has 3 aliphatic heterocycles. The van der Waals surface area contributed by atoms with Gasteiger partial charge >= 0.3 is 0 Å². The summed E-state index contributed by atoms with van der Waals surface area (Å²) in [5, 5.41) is 4.81. The summed E-state index contributed by atoms with van der Waals surface area (Å²) in [6.07, 6.45) is 4.11. The topological polar surface area (TPSA) is 49.9 Å². The number of halogens is 1. The highest BCUT2D eigenvalue weighted by Crippen LogP contribution is 2.49. The number of hydrogen-bond acceptors (Lipinski definition) is 5. The number of likely N-dealkylation sites (N-methyl/N-ethyl adjacent to an activating group) is 1. The fourth-order valence-electron chi connectivity index (χ4n) is 5.40. The lowest BCUT2D eigenvalue weighted by Crippen LogP contribution is -2.42. The maximum Gasteiger partial charge on any atom is 0.231 e. The van der Waals surface area contributed by atoms with Gasteiger partial charge < -0.3 is 24.6 Å². The van der Waals surface area contributed by atoms with Gasteiger partial charge in [-0.05, 0) is 80.5 Å². The van der Waals surface area contributed by atoms with Gasteiger partial charge in [0, 0.05) is 41.3 Å². The van der Waals surface area contributed by atoms with Gasteiger partial charge in [-0.1, -0.05) is 23.7 Å². The van der Waals surface area contributed by atoms with Gasteiger partial charge in [0.15, 0.2) is 16.6 Å². The molecule has 0 bridgehead atoms. The van der Waals surface area contributed by atoms with E-state index >= 15 is 0 Å². The van der Waals surface area contributed by atoms with E-state index in [0.29, 0.717) is 15.9 Å². The molecule has 4 heterocycles. The largest absolute Gasteiger partial charge is 0.454 e. The van der Waals surface area contributed by atoms with Crippen LogP contribution < -0.4 is 24.6 Å². The number of thiocarbonyl (C=S) groups is 1. The summed E-state index contributed by atoms with van der Waals surface area (Å²) < 4.78 is 11.2. The first-order valence-corrected chi connectivity index (χ1v) is 12.7. The number of ether oxygens (including phenoxy) is 2. The molecule has 0 aliphatic carbocycles. The van der Waals surface area contributed by atoms with Gasteiger partial charge in [-0.25, -0.2) is 0 Å². The van der Waals surface area contributed by atoms with Gasteiger partial charge in [0.1, 0.15) is 0 Å². The second-order valence-corrected chi connectivity index (χ2v) is 10.8. The quantitative estimate of drug-likeness (QED) is 0.410. The average molecular weight is 519 g/mol. The Hall–Kier alpha value is -3.29. The summed E-state index contributed by atoms with van der Waals surface area (Å²) in [4.78, 5) is 9.05. The van der Waals surface area contributed by atoms with Crippen LogP contribution in [0.15, 0.2) is 60.8 Å². The maximum atomic E-state index is 7.09. The number of benzene rings is 2. The molecule has 8 heteroatoms. The second kappa shape index (κ2) is 8.39. The van der Waals surface area contributed by atoms with Crippen molar-refractivity contribution >= 4 is 45.9 Å². The molecule has 1 saturated heterocycles. The third kappa shape index (κ3) is 3.61. The monoisotopic (exact) mass is 518 g/mol. The molecular weight excluding hydrogens is 492 g/mol. The standard InChI is InChI=1S/C28H27ClN4O2S/c1-16-14-28(2,3)32(4)22-13-20(29)19(12-18(16)22)26-25(21-7-5-6-10-30-21)31-27(36)33(26)17-8-9-23-24(11-17)35-15-34-23/h5-14,25-26H,15H2,1-4H3,(H,31,36)/t25-,26+/m0/s1. The normalized spacial score (nSPS) is 21.8. The average Bonchev–Trinajstić information content (AvgIpc) is 3.46. The Morgan fingerprint density at radius 2 is 1.92 bits per heavy atom. The number of nitrogens with one attached hydrogen (secondary N) is 1. The van der Waals surface area contributed by atoms with Crippen LogP contribution in [0.2, 0.25) is 5.02 Å². The van der Waals surface area contributed by atoms with Crippen LogP contribution in [0, 0.1) is 0 Å². The molecule has 1 N–H and O–H groups in total. The number of fused-ring (bicyclic) bond motifs is 2. The number of aromatic nitrogens is 1. The molecule has 6 nitrogen and oxygen atoms in total. The Balaban J connectivity index is 1.53. The number of allylic oxidation sites excluding steroid dienone is 1. The van der Waals surface area contributed by atoms with Crippen molar-refractivity contribution in [2.45, 2.75) is 38.4 Å². The van der Waals surface area contributed by atoms with Gasteiger partial charge in [-0.15, -0.1) is 0 Å². The predicted octanol–water partition coefficient (Wildman–Crippen LogP) is 6.27. The zero-order valence-corrected chi connectivity index (χ0v) is 22.2. The highest BCUT2D eigenvalue weighted by atomic mass is 35.5. The minimum atomic E-state index is -0.224. The van der Waals surface area contributed by atoms with Crippen LogP contribution in [0.4, 0.5) is 11.4 Å². The Morgan fingerprint density at radius 1 is 1.11 bits per heavy atom. The molecule has 0 radical (unpaired) electrons. The van der Waals surface area contributed by atoms with Crippen molar-refractivity contribution in [3.8, 4) is 11.5 Å². The van der Waals surface area contributed by atoms with Crippen LogP contribution in [0.25, 0.3) is 5.57 Å². The van der Waals surface area contributed by atoms with Crippen LogP contribution in [0.1, 0.15) is 49.7 Å². The van der Waals surface area contributed by atoms with Crippen LogP contribution in [-0.2, 0) is 0 Å². The number of nitrogens with zero attached hydrogens (tertiary/aromatic N) is 3. The van der Waals surface area contributed by atoms with Crippen molar-refractivity contribution < 1.29 is 9.47 Å². The summed E-state index contributed by atoms with van der Waals surface area (Å²) in [6.45, 7) is 6.79.